The van der Waals surface area contributed by atoms with Gasteiger partial charge < -0.3 is 4.74 Å². The molecule has 21 heavy (non-hydrogen) atoms. The van der Waals surface area contributed by atoms with Gasteiger partial charge in [0.25, 0.3) is 0 Å². The molecule has 1 atom stereocenters. The fraction of sp³-hybridized carbons (Fsp3) is 0.500. The van der Waals surface area contributed by atoms with Crippen LogP contribution in [0.1, 0.15) is 12.0 Å². The van der Waals surface area contributed by atoms with Crippen molar-refractivity contribution >= 4 is 11.8 Å². The van der Waals surface area contributed by atoms with Crippen LogP contribution < -0.4 is 0 Å². The zero-order valence-corrected chi connectivity index (χ0v) is 12.0. The standard InChI is InChI=1S/C16H20N2O3/c19-15-12-14(17-8-10-21-11-9-17)16(20)18(15)7-6-13-4-2-1-3-5-13/h1-5,14H,6-12H2. The lowest BCUT2D eigenvalue weighted by molar-refractivity contribution is -0.140. The number of rotatable bonds is 4. The maximum atomic E-state index is 12.5. The lowest BCUT2D eigenvalue weighted by Crippen LogP contribution is -2.47. The number of ether oxygens (including phenoxy) is 1. The molecule has 2 aliphatic heterocycles. The van der Waals surface area contributed by atoms with Crippen molar-refractivity contribution in [1.82, 2.24) is 9.80 Å². The molecule has 0 aromatic heterocycles. The third kappa shape index (κ3) is 3.14. The van der Waals surface area contributed by atoms with E-state index in [1.165, 1.54) is 4.90 Å². The Bertz CT molecular complexity index is 512. The van der Waals surface area contributed by atoms with Gasteiger partial charge in [0.2, 0.25) is 11.8 Å². The zero-order chi connectivity index (χ0) is 14.7. The molecule has 1 aromatic carbocycles. The van der Waals surface area contributed by atoms with Crippen LogP contribution >= 0.6 is 0 Å². The summed E-state index contributed by atoms with van der Waals surface area (Å²) in [7, 11) is 0. The van der Waals surface area contributed by atoms with Crippen molar-refractivity contribution in [2.75, 3.05) is 32.8 Å². The molecular formula is C16H20N2O3. The van der Waals surface area contributed by atoms with Crippen LogP contribution in [-0.2, 0) is 20.7 Å². The first-order valence-electron chi connectivity index (χ1n) is 7.45. The van der Waals surface area contributed by atoms with Gasteiger partial charge in [0.05, 0.1) is 25.7 Å². The minimum Gasteiger partial charge on any atom is -0.379 e. The Morgan fingerprint density at radius 2 is 1.81 bits per heavy atom. The quantitative estimate of drug-likeness (QED) is 0.765. The van der Waals surface area contributed by atoms with Gasteiger partial charge in [0.15, 0.2) is 0 Å². The van der Waals surface area contributed by atoms with Gasteiger partial charge in [-0.1, -0.05) is 30.3 Å². The number of hydrogen-bond donors (Lipinski definition) is 0. The van der Waals surface area contributed by atoms with Gasteiger partial charge in [-0.25, -0.2) is 0 Å². The second-order valence-corrected chi connectivity index (χ2v) is 5.49. The minimum absolute atomic E-state index is 0.0437. The first-order chi connectivity index (χ1) is 10.3. The molecule has 0 spiro atoms. The Balaban J connectivity index is 1.61. The molecule has 1 aromatic rings. The van der Waals surface area contributed by atoms with Crippen LogP contribution in [0.2, 0.25) is 0 Å². The summed E-state index contributed by atoms with van der Waals surface area (Å²) >= 11 is 0. The first kappa shape index (κ1) is 14.2. The van der Waals surface area contributed by atoms with Crippen LogP contribution in [0, 0.1) is 0 Å². The second kappa shape index (κ2) is 6.37. The predicted octanol–water partition coefficient (Wildman–Crippen LogP) is 0.689. The van der Waals surface area contributed by atoms with E-state index in [1.807, 2.05) is 30.3 Å². The smallest absolute Gasteiger partial charge is 0.247 e. The molecule has 0 aliphatic carbocycles. The third-order valence-electron chi connectivity index (χ3n) is 4.17. The van der Waals surface area contributed by atoms with Crippen LogP contribution in [0.3, 0.4) is 0 Å². The van der Waals surface area contributed by atoms with Crippen molar-refractivity contribution in [3.63, 3.8) is 0 Å². The Hall–Kier alpha value is -1.72. The number of nitrogens with zero attached hydrogens (tertiary/aromatic N) is 2. The van der Waals surface area contributed by atoms with Crippen molar-refractivity contribution in [2.24, 2.45) is 0 Å². The minimum atomic E-state index is -0.280. The van der Waals surface area contributed by atoms with Crippen LogP contribution in [0.5, 0.6) is 0 Å². The number of amides is 2. The number of hydrogen-bond acceptors (Lipinski definition) is 4. The van der Waals surface area contributed by atoms with E-state index < -0.39 is 0 Å². The Kier molecular flexibility index (Phi) is 4.31. The second-order valence-electron chi connectivity index (χ2n) is 5.49. The molecular weight excluding hydrogens is 268 g/mol. The fourth-order valence-electron chi connectivity index (χ4n) is 2.96. The number of morpholine rings is 1. The van der Waals surface area contributed by atoms with E-state index in [0.717, 1.165) is 18.7 Å². The van der Waals surface area contributed by atoms with Gasteiger partial charge >= 0.3 is 0 Å². The van der Waals surface area contributed by atoms with Gasteiger partial charge in [0, 0.05) is 19.6 Å². The summed E-state index contributed by atoms with van der Waals surface area (Å²) in [5, 5.41) is 0. The van der Waals surface area contributed by atoms with Crippen LogP contribution in [0.15, 0.2) is 30.3 Å². The van der Waals surface area contributed by atoms with Crippen molar-refractivity contribution in [2.45, 2.75) is 18.9 Å². The molecule has 0 bridgehead atoms. The van der Waals surface area contributed by atoms with E-state index in [1.54, 1.807) is 0 Å². The van der Waals surface area contributed by atoms with Crippen LogP contribution in [-0.4, -0.2) is 60.5 Å². The molecule has 112 valence electrons. The van der Waals surface area contributed by atoms with Gasteiger partial charge in [-0.15, -0.1) is 0 Å². The van der Waals surface area contributed by atoms with Crippen LogP contribution in [0.25, 0.3) is 0 Å². The predicted molar refractivity (Wildman–Crippen MR) is 77.7 cm³/mol. The van der Waals surface area contributed by atoms with Crippen LogP contribution in [0.4, 0.5) is 0 Å². The fourth-order valence-corrected chi connectivity index (χ4v) is 2.96. The van der Waals surface area contributed by atoms with Crippen molar-refractivity contribution in [1.29, 1.82) is 0 Å². The third-order valence-corrected chi connectivity index (χ3v) is 4.17. The number of likely N-dealkylation sites (tertiary alicyclic amines) is 1. The average molecular weight is 288 g/mol. The lowest BCUT2D eigenvalue weighted by Gasteiger charge is -2.30. The molecule has 0 radical (unpaired) electrons. The highest BCUT2D eigenvalue weighted by atomic mass is 16.5. The van der Waals surface area contributed by atoms with E-state index in [2.05, 4.69) is 4.90 Å². The van der Waals surface area contributed by atoms with E-state index in [-0.39, 0.29) is 17.9 Å². The number of imide groups is 1. The lowest BCUT2D eigenvalue weighted by atomic mass is 10.1. The Labute approximate surface area is 124 Å². The van der Waals surface area contributed by atoms with Gasteiger partial charge in [-0.2, -0.15) is 0 Å². The molecule has 5 nitrogen and oxygen atoms in total. The summed E-state index contributed by atoms with van der Waals surface area (Å²) in [4.78, 5) is 28.1. The van der Waals surface area contributed by atoms with E-state index in [9.17, 15) is 9.59 Å². The summed E-state index contributed by atoms with van der Waals surface area (Å²) in [6.45, 7) is 3.22. The highest BCUT2D eigenvalue weighted by Gasteiger charge is 2.41. The van der Waals surface area contributed by atoms with Crippen molar-refractivity contribution < 1.29 is 14.3 Å². The van der Waals surface area contributed by atoms with Gasteiger partial charge in [-0.3, -0.25) is 19.4 Å². The monoisotopic (exact) mass is 288 g/mol. The molecule has 0 N–H and O–H groups in total. The van der Waals surface area contributed by atoms with Crippen molar-refractivity contribution in [3.05, 3.63) is 35.9 Å². The maximum Gasteiger partial charge on any atom is 0.247 e. The number of benzene rings is 1. The topological polar surface area (TPSA) is 49.9 Å². The van der Waals surface area contributed by atoms with E-state index >= 15 is 0 Å². The zero-order valence-electron chi connectivity index (χ0n) is 12.0. The molecule has 0 saturated carbocycles. The maximum absolute atomic E-state index is 12.5. The Morgan fingerprint density at radius 1 is 1.10 bits per heavy atom. The summed E-state index contributed by atoms with van der Waals surface area (Å²) in [5.41, 5.74) is 1.15. The summed E-state index contributed by atoms with van der Waals surface area (Å²) in [6.07, 6.45) is 1.03. The first-order valence-corrected chi connectivity index (χ1v) is 7.45. The molecule has 2 saturated heterocycles. The normalized spacial score (nSPS) is 23.8. The number of carbonyl (C=O) groups excluding carboxylic acids is 2. The van der Waals surface area contributed by atoms with E-state index in [4.69, 9.17) is 4.74 Å². The van der Waals surface area contributed by atoms with Crippen molar-refractivity contribution in [3.8, 4) is 0 Å². The highest BCUT2D eigenvalue weighted by molar-refractivity contribution is 6.05. The molecule has 2 amide bonds. The summed E-state index contributed by atoms with van der Waals surface area (Å²) < 4.78 is 5.30. The summed E-state index contributed by atoms with van der Waals surface area (Å²) in [6, 6.07) is 9.66. The molecule has 2 heterocycles. The van der Waals surface area contributed by atoms with Gasteiger partial charge in [0.1, 0.15) is 0 Å². The Morgan fingerprint density at radius 3 is 2.52 bits per heavy atom. The van der Waals surface area contributed by atoms with Gasteiger partial charge in [-0.05, 0) is 12.0 Å². The molecule has 1 unspecified atom stereocenters. The molecule has 2 aliphatic rings. The molecule has 5 heteroatoms. The SMILES string of the molecule is O=C1CC(N2CCOCC2)C(=O)N1CCc1ccccc1. The molecule has 2 fully saturated rings. The summed E-state index contributed by atoms with van der Waals surface area (Å²) in [5.74, 6) is -0.0924. The highest BCUT2D eigenvalue weighted by Crippen LogP contribution is 2.20. The average Bonchev–Trinajstić information content (AvgIpc) is 2.82. The van der Waals surface area contributed by atoms with E-state index in [0.29, 0.717) is 32.6 Å². The molecule has 3 rings (SSSR count). The number of carbonyl (C=O) groups is 2. The largest absolute Gasteiger partial charge is 0.379 e.